The summed E-state index contributed by atoms with van der Waals surface area (Å²) < 4.78 is 0. The number of halogens is 1. The monoisotopic (exact) mass is 277 g/mol. The lowest BCUT2D eigenvalue weighted by molar-refractivity contribution is 0.188. The van der Waals surface area contributed by atoms with Gasteiger partial charge in [0.2, 0.25) is 0 Å². The van der Waals surface area contributed by atoms with Gasteiger partial charge in [-0.2, -0.15) is 5.26 Å². The van der Waals surface area contributed by atoms with Crippen LogP contribution >= 0.6 is 11.6 Å². The van der Waals surface area contributed by atoms with Crippen molar-refractivity contribution in [1.82, 2.24) is 5.32 Å². The quantitative estimate of drug-likeness (QED) is 0.890. The van der Waals surface area contributed by atoms with E-state index < -0.39 is 0 Å². The van der Waals surface area contributed by atoms with Gasteiger partial charge in [0.15, 0.2) is 0 Å². The van der Waals surface area contributed by atoms with Gasteiger partial charge in [0.25, 0.3) is 0 Å². The molecule has 1 fully saturated rings. The maximum absolute atomic E-state index is 8.82. The van der Waals surface area contributed by atoms with Crippen LogP contribution in [0.2, 0.25) is 5.02 Å². The van der Waals surface area contributed by atoms with Gasteiger partial charge in [-0.1, -0.05) is 25.4 Å². The third-order valence-electron chi connectivity index (χ3n) is 3.93. The van der Waals surface area contributed by atoms with Crippen molar-refractivity contribution in [3.05, 3.63) is 28.8 Å². The molecule has 0 radical (unpaired) electrons. The normalized spacial score (nSPS) is 21.7. The fraction of sp³-hybridized carbons (Fsp3) is 0.533. The molecule has 0 spiro atoms. The van der Waals surface area contributed by atoms with Gasteiger partial charge in [-0.05, 0) is 43.0 Å². The van der Waals surface area contributed by atoms with E-state index in [4.69, 9.17) is 16.9 Å². The maximum Gasteiger partial charge on any atom is 0.0992 e. The molecule has 1 heterocycles. The number of nitrogens with zero attached hydrogens (tertiary/aromatic N) is 1. The predicted molar refractivity (Wildman–Crippen MR) is 79.5 cm³/mol. The average Bonchev–Trinajstić information content (AvgIpc) is 2.38. The fourth-order valence-corrected chi connectivity index (χ4v) is 2.81. The first-order valence-electron chi connectivity index (χ1n) is 6.70. The van der Waals surface area contributed by atoms with Crippen molar-refractivity contribution in [1.29, 1.82) is 5.26 Å². The van der Waals surface area contributed by atoms with Crippen molar-refractivity contribution in [2.75, 3.05) is 18.4 Å². The van der Waals surface area contributed by atoms with Crippen molar-refractivity contribution < 1.29 is 0 Å². The second kappa shape index (κ2) is 5.81. The lowest BCUT2D eigenvalue weighted by Crippen LogP contribution is -2.50. The van der Waals surface area contributed by atoms with E-state index in [0.717, 1.165) is 18.8 Å². The van der Waals surface area contributed by atoms with Crippen molar-refractivity contribution in [2.24, 2.45) is 5.41 Å². The van der Waals surface area contributed by atoms with E-state index in [1.54, 1.807) is 12.1 Å². The largest absolute Gasteiger partial charge is 0.382 e. The van der Waals surface area contributed by atoms with E-state index in [1.807, 2.05) is 6.07 Å². The Labute approximate surface area is 120 Å². The fourth-order valence-electron chi connectivity index (χ4n) is 2.56. The van der Waals surface area contributed by atoms with Crippen LogP contribution in [0.3, 0.4) is 0 Å². The van der Waals surface area contributed by atoms with Crippen LogP contribution in [0.1, 0.15) is 32.3 Å². The Morgan fingerprint density at radius 2 is 2.32 bits per heavy atom. The second-order valence-electron chi connectivity index (χ2n) is 5.79. The first-order valence-corrected chi connectivity index (χ1v) is 7.07. The molecular weight excluding hydrogens is 258 g/mol. The number of nitriles is 1. The van der Waals surface area contributed by atoms with Crippen LogP contribution in [0.5, 0.6) is 0 Å². The number of hydrogen-bond acceptors (Lipinski definition) is 3. The van der Waals surface area contributed by atoms with E-state index >= 15 is 0 Å². The summed E-state index contributed by atoms with van der Waals surface area (Å²) in [6.07, 6.45) is 2.48. The predicted octanol–water partition coefficient (Wildman–Crippen LogP) is 3.40. The Kier molecular flexibility index (Phi) is 4.34. The van der Waals surface area contributed by atoms with Crippen LogP contribution < -0.4 is 10.6 Å². The zero-order valence-electron chi connectivity index (χ0n) is 11.5. The van der Waals surface area contributed by atoms with Crippen molar-refractivity contribution in [3.63, 3.8) is 0 Å². The number of hydrogen-bond donors (Lipinski definition) is 2. The third kappa shape index (κ3) is 3.40. The molecule has 2 N–H and O–H groups in total. The Morgan fingerprint density at radius 1 is 1.53 bits per heavy atom. The first-order chi connectivity index (χ1) is 9.03. The third-order valence-corrected chi connectivity index (χ3v) is 4.24. The zero-order chi connectivity index (χ0) is 13.9. The molecule has 1 aromatic carbocycles. The number of benzene rings is 1. The highest BCUT2D eigenvalue weighted by molar-refractivity contribution is 6.33. The lowest BCUT2D eigenvalue weighted by atomic mass is 9.77. The van der Waals surface area contributed by atoms with E-state index in [0.29, 0.717) is 22.0 Å². The highest BCUT2D eigenvalue weighted by atomic mass is 35.5. The highest BCUT2D eigenvalue weighted by Crippen LogP contribution is 2.31. The molecule has 1 atom stereocenters. The highest BCUT2D eigenvalue weighted by Gasteiger charge is 2.31. The van der Waals surface area contributed by atoms with Gasteiger partial charge in [0, 0.05) is 12.6 Å². The minimum absolute atomic E-state index is 0.296. The van der Waals surface area contributed by atoms with Crippen LogP contribution in [0.25, 0.3) is 0 Å². The van der Waals surface area contributed by atoms with Crippen molar-refractivity contribution in [2.45, 2.75) is 32.7 Å². The maximum atomic E-state index is 8.82. The van der Waals surface area contributed by atoms with Crippen LogP contribution in [0.4, 0.5) is 5.69 Å². The molecule has 1 saturated heterocycles. The van der Waals surface area contributed by atoms with Gasteiger partial charge in [0.05, 0.1) is 22.3 Å². The lowest BCUT2D eigenvalue weighted by Gasteiger charge is -2.39. The first kappa shape index (κ1) is 14.2. The molecule has 1 aliphatic heterocycles. The van der Waals surface area contributed by atoms with E-state index in [-0.39, 0.29) is 0 Å². The number of nitrogens with one attached hydrogen (secondary N) is 2. The number of rotatable bonds is 3. The number of piperidine rings is 1. The second-order valence-corrected chi connectivity index (χ2v) is 6.19. The summed E-state index contributed by atoms with van der Waals surface area (Å²) >= 11 is 6.16. The minimum atomic E-state index is 0.296. The summed E-state index contributed by atoms with van der Waals surface area (Å²) in [7, 11) is 0. The van der Waals surface area contributed by atoms with Gasteiger partial charge >= 0.3 is 0 Å². The van der Waals surface area contributed by atoms with Gasteiger partial charge in [-0.15, -0.1) is 0 Å². The molecule has 0 saturated carbocycles. The van der Waals surface area contributed by atoms with Crippen molar-refractivity contribution in [3.8, 4) is 6.07 Å². The van der Waals surface area contributed by atoms with Gasteiger partial charge in [-0.3, -0.25) is 0 Å². The molecule has 1 aromatic rings. The van der Waals surface area contributed by atoms with Gasteiger partial charge in [0.1, 0.15) is 0 Å². The molecule has 0 bridgehead atoms. The Hall–Kier alpha value is -1.24. The van der Waals surface area contributed by atoms with Crippen LogP contribution in [0, 0.1) is 16.7 Å². The molecule has 1 aliphatic rings. The molecule has 2 rings (SSSR count). The van der Waals surface area contributed by atoms with E-state index in [1.165, 1.54) is 12.8 Å². The SMILES string of the molecule is CC1(C)CCCNC1CNc1ccc(C#N)cc1Cl. The Balaban J connectivity index is 2.01. The van der Waals surface area contributed by atoms with Crippen LogP contribution in [-0.2, 0) is 0 Å². The molecule has 19 heavy (non-hydrogen) atoms. The molecule has 0 amide bonds. The molecule has 102 valence electrons. The molecule has 0 aliphatic carbocycles. The smallest absolute Gasteiger partial charge is 0.0992 e. The zero-order valence-corrected chi connectivity index (χ0v) is 12.2. The van der Waals surface area contributed by atoms with Crippen LogP contribution in [0.15, 0.2) is 18.2 Å². The summed E-state index contributed by atoms with van der Waals surface area (Å²) in [6, 6.07) is 7.88. The average molecular weight is 278 g/mol. The van der Waals surface area contributed by atoms with Gasteiger partial charge in [-0.25, -0.2) is 0 Å². The summed E-state index contributed by atoms with van der Waals surface area (Å²) in [5.74, 6) is 0. The Bertz CT molecular complexity index is 491. The van der Waals surface area contributed by atoms with Crippen molar-refractivity contribution >= 4 is 17.3 Å². The summed E-state index contributed by atoms with van der Waals surface area (Å²) in [4.78, 5) is 0. The van der Waals surface area contributed by atoms with E-state index in [2.05, 4.69) is 30.6 Å². The molecule has 1 unspecified atom stereocenters. The standard InChI is InChI=1S/C15H20ClN3/c1-15(2)6-3-7-18-14(15)10-19-13-5-4-11(9-17)8-12(13)16/h4-5,8,14,18-19H,3,6-7,10H2,1-2H3. The molecule has 4 heteroatoms. The minimum Gasteiger partial charge on any atom is -0.382 e. The van der Waals surface area contributed by atoms with Crippen LogP contribution in [-0.4, -0.2) is 19.1 Å². The summed E-state index contributed by atoms with van der Waals surface area (Å²) in [5.41, 5.74) is 1.78. The summed E-state index contributed by atoms with van der Waals surface area (Å²) in [5, 5.41) is 16.4. The molecule has 0 aromatic heterocycles. The topological polar surface area (TPSA) is 47.8 Å². The van der Waals surface area contributed by atoms with E-state index in [9.17, 15) is 0 Å². The number of anilines is 1. The molecule has 3 nitrogen and oxygen atoms in total. The van der Waals surface area contributed by atoms with Gasteiger partial charge < -0.3 is 10.6 Å². The molecular formula is C15H20ClN3. The Morgan fingerprint density at radius 3 is 2.95 bits per heavy atom. The summed E-state index contributed by atoms with van der Waals surface area (Å²) in [6.45, 7) is 6.52.